The molecule has 1 aliphatic rings. The highest BCUT2D eigenvalue weighted by molar-refractivity contribution is 6.12. The molecule has 62 heavy (non-hydrogen) atoms. The first kappa shape index (κ1) is 35.9. The third kappa shape index (κ3) is 5.78. The average Bonchev–Trinajstić information content (AvgIpc) is 3.88. The van der Waals surface area contributed by atoms with Gasteiger partial charge in [0, 0.05) is 16.3 Å². The van der Waals surface area contributed by atoms with Crippen molar-refractivity contribution in [3.63, 3.8) is 0 Å². The second-order valence-electron chi connectivity index (χ2n) is 16.4. The van der Waals surface area contributed by atoms with E-state index in [-0.39, 0.29) is 0 Å². The summed E-state index contributed by atoms with van der Waals surface area (Å²) in [5, 5.41) is 2.19. The van der Waals surface area contributed by atoms with Gasteiger partial charge in [-0.2, -0.15) is 0 Å². The summed E-state index contributed by atoms with van der Waals surface area (Å²) in [5.41, 5.74) is 20.5. The van der Waals surface area contributed by atoms with Gasteiger partial charge < -0.3 is 4.42 Å². The van der Waals surface area contributed by atoms with Crippen LogP contribution in [0, 0.1) is 0 Å². The van der Waals surface area contributed by atoms with E-state index in [1.54, 1.807) is 0 Å². The molecule has 0 amide bonds. The Morgan fingerprint density at radius 2 is 0.710 bits per heavy atom. The highest BCUT2D eigenvalue weighted by Crippen LogP contribution is 2.56. The molecule has 11 aromatic rings. The standard InChI is InChI=1S/C61H40O/c1-4-17-41(18-5-1)43-21-14-23-45(35-43)47-33-34-59-55(38-47)56-40-49(46-24-15-22-44(36-46)42-19-6-2-7-20-42)39-54(60(56)62-59)48-25-16-28-51(37-48)61(50-26-8-3-9-27-50)57-31-12-10-29-52(57)53-30-11-13-32-58(53)61/h1-40H. The van der Waals surface area contributed by atoms with Crippen molar-refractivity contribution >= 4 is 21.9 Å². The molecule has 0 fully saturated rings. The number of rotatable bonds is 7. The fourth-order valence-corrected chi connectivity index (χ4v) is 10.1. The minimum Gasteiger partial charge on any atom is -0.455 e. The van der Waals surface area contributed by atoms with Gasteiger partial charge in [-0.05, 0) is 126 Å². The van der Waals surface area contributed by atoms with Crippen LogP contribution in [-0.2, 0) is 5.41 Å². The van der Waals surface area contributed by atoms with Gasteiger partial charge >= 0.3 is 0 Å². The van der Waals surface area contributed by atoms with Crippen molar-refractivity contribution in [1.29, 1.82) is 0 Å². The highest BCUT2D eigenvalue weighted by Gasteiger charge is 2.46. The van der Waals surface area contributed by atoms with Crippen molar-refractivity contribution < 1.29 is 4.42 Å². The van der Waals surface area contributed by atoms with Crippen LogP contribution in [0.5, 0.6) is 0 Å². The number of furan rings is 1. The van der Waals surface area contributed by atoms with E-state index in [2.05, 4.69) is 243 Å². The van der Waals surface area contributed by atoms with Crippen LogP contribution in [0.1, 0.15) is 22.3 Å². The third-order valence-electron chi connectivity index (χ3n) is 12.9. The van der Waals surface area contributed by atoms with Crippen molar-refractivity contribution in [1.82, 2.24) is 0 Å². The molecule has 0 saturated carbocycles. The minimum atomic E-state index is -0.512. The van der Waals surface area contributed by atoms with Crippen molar-refractivity contribution in [3.05, 3.63) is 265 Å². The Morgan fingerprint density at radius 3 is 1.34 bits per heavy atom. The molecule has 1 heterocycles. The van der Waals surface area contributed by atoms with E-state index in [1.807, 2.05) is 0 Å². The van der Waals surface area contributed by atoms with Crippen LogP contribution in [0.4, 0.5) is 0 Å². The second-order valence-corrected chi connectivity index (χ2v) is 16.4. The number of hydrogen-bond donors (Lipinski definition) is 0. The molecule has 1 aliphatic carbocycles. The smallest absolute Gasteiger partial charge is 0.143 e. The zero-order valence-electron chi connectivity index (χ0n) is 34.0. The molecule has 0 spiro atoms. The molecule has 0 radical (unpaired) electrons. The number of hydrogen-bond acceptors (Lipinski definition) is 1. The molecule has 1 aromatic heterocycles. The SMILES string of the molecule is c1ccc(-c2cccc(-c3ccc4oc5c(-c6cccc(C7(c8ccccc8)c8ccccc8-c8ccccc87)c6)cc(-c6cccc(-c7ccccc7)c6)cc5c4c3)c2)cc1. The Balaban J connectivity index is 1.09. The summed E-state index contributed by atoms with van der Waals surface area (Å²) in [7, 11) is 0. The second kappa shape index (κ2) is 14.6. The molecule has 0 bridgehead atoms. The largest absolute Gasteiger partial charge is 0.455 e. The zero-order valence-corrected chi connectivity index (χ0v) is 34.0. The highest BCUT2D eigenvalue weighted by atomic mass is 16.3. The molecule has 1 nitrogen and oxygen atoms in total. The van der Waals surface area contributed by atoms with Crippen LogP contribution in [0.2, 0.25) is 0 Å². The maximum Gasteiger partial charge on any atom is 0.143 e. The van der Waals surface area contributed by atoms with Crippen molar-refractivity contribution in [2.45, 2.75) is 5.41 Å². The van der Waals surface area contributed by atoms with E-state index in [0.29, 0.717) is 0 Å². The minimum absolute atomic E-state index is 0.512. The van der Waals surface area contributed by atoms with Crippen LogP contribution < -0.4 is 0 Å². The molecule has 0 saturated heterocycles. The van der Waals surface area contributed by atoms with Crippen LogP contribution in [0.3, 0.4) is 0 Å². The predicted octanol–water partition coefficient (Wildman–Crippen LogP) is 16.3. The van der Waals surface area contributed by atoms with E-state index >= 15 is 0 Å². The molecule has 0 aliphatic heterocycles. The van der Waals surface area contributed by atoms with Crippen molar-refractivity contribution in [2.75, 3.05) is 0 Å². The van der Waals surface area contributed by atoms with E-state index in [9.17, 15) is 0 Å². The normalized spacial score (nSPS) is 12.6. The zero-order chi connectivity index (χ0) is 41.0. The molecule has 1 heteroatoms. The lowest BCUT2D eigenvalue weighted by Gasteiger charge is -2.34. The van der Waals surface area contributed by atoms with Crippen LogP contribution >= 0.6 is 0 Å². The molecule has 10 aromatic carbocycles. The van der Waals surface area contributed by atoms with E-state index in [0.717, 1.165) is 49.8 Å². The Bertz CT molecular complexity index is 3400. The van der Waals surface area contributed by atoms with E-state index in [1.165, 1.54) is 61.2 Å². The Hall–Kier alpha value is -8.00. The maximum atomic E-state index is 6.99. The molecular formula is C61H40O. The lowest BCUT2D eigenvalue weighted by atomic mass is 9.67. The molecule has 0 unspecified atom stereocenters. The molecular weight excluding hydrogens is 749 g/mol. The summed E-state index contributed by atoms with van der Waals surface area (Å²) >= 11 is 0. The van der Waals surface area contributed by atoms with E-state index < -0.39 is 5.41 Å². The predicted molar refractivity (Wildman–Crippen MR) is 258 cm³/mol. The van der Waals surface area contributed by atoms with Crippen LogP contribution in [0.25, 0.3) is 88.7 Å². The molecule has 290 valence electrons. The number of fused-ring (bicyclic) bond motifs is 6. The summed E-state index contributed by atoms with van der Waals surface area (Å²) in [6, 6.07) is 88.4. The monoisotopic (exact) mass is 788 g/mol. The van der Waals surface area contributed by atoms with Gasteiger partial charge in [0.25, 0.3) is 0 Å². The molecule has 0 N–H and O–H groups in total. The molecule has 0 atom stereocenters. The van der Waals surface area contributed by atoms with Gasteiger partial charge in [-0.25, -0.2) is 0 Å². The average molecular weight is 789 g/mol. The number of benzene rings is 10. The van der Waals surface area contributed by atoms with Crippen LogP contribution in [-0.4, -0.2) is 0 Å². The van der Waals surface area contributed by atoms with Gasteiger partial charge in [0.1, 0.15) is 11.2 Å². The first-order chi connectivity index (χ1) is 30.7. The van der Waals surface area contributed by atoms with Gasteiger partial charge in [0.05, 0.1) is 5.41 Å². The lowest BCUT2D eigenvalue weighted by molar-refractivity contribution is 0.670. The fourth-order valence-electron chi connectivity index (χ4n) is 10.1. The van der Waals surface area contributed by atoms with Crippen molar-refractivity contribution in [2.24, 2.45) is 0 Å². The van der Waals surface area contributed by atoms with Crippen molar-refractivity contribution in [3.8, 4) is 66.8 Å². The fraction of sp³-hybridized carbons (Fsp3) is 0.0164. The topological polar surface area (TPSA) is 13.1 Å². The van der Waals surface area contributed by atoms with Gasteiger partial charge in [0.15, 0.2) is 0 Å². The van der Waals surface area contributed by atoms with Gasteiger partial charge in [-0.1, -0.05) is 200 Å². The Morgan fingerprint density at radius 1 is 0.258 bits per heavy atom. The van der Waals surface area contributed by atoms with E-state index in [4.69, 9.17) is 4.42 Å². The quantitative estimate of drug-likeness (QED) is 0.157. The lowest BCUT2D eigenvalue weighted by Crippen LogP contribution is -2.28. The Kier molecular flexibility index (Phi) is 8.47. The van der Waals surface area contributed by atoms with Crippen LogP contribution in [0.15, 0.2) is 247 Å². The van der Waals surface area contributed by atoms with Gasteiger partial charge in [-0.3, -0.25) is 0 Å². The summed E-state index contributed by atoms with van der Waals surface area (Å²) in [6.07, 6.45) is 0. The van der Waals surface area contributed by atoms with Gasteiger partial charge in [-0.15, -0.1) is 0 Å². The third-order valence-corrected chi connectivity index (χ3v) is 12.9. The summed E-state index contributed by atoms with van der Waals surface area (Å²) in [4.78, 5) is 0. The first-order valence-corrected chi connectivity index (χ1v) is 21.4. The summed E-state index contributed by atoms with van der Waals surface area (Å²) in [5.74, 6) is 0. The van der Waals surface area contributed by atoms with Gasteiger partial charge in [0.2, 0.25) is 0 Å². The Labute approximate surface area is 361 Å². The maximum absolute atomic E-state index is 6.99. The summed E-state index contributed by atoms with van der Waals surface area (Å²) in [6.45, 7) is 0. The first-order valence-electron chi connectivity index (χ1n) is 21.4. The molecule has 12 rings (SSSR count). The summed E-state index contributed by atoms with van der Waals surface area (Å²) < 4.78 is 6.99.